The van der Waals surface area contributed by atoms with E-state index in [1.807, 2.05) is 13.8 Å². The van der Waals surface area contributed by atoms with Gasteiger partial charge < -0.3 is 0 Å². The summed E-state index contributed by atoms with van der Waals surface area (Å²) < 4.78 is 0. The van der Waals surface area contributed by atoms with E-state index in [0.29, 0.717) is 0 Å². The van der Waals surface area contributed by atoms with Gasteiger partial charge in [0.1, 0.15) is 0 Å². The van der Waals surface area contributed by atoms with Crippen molar-refractivity contribution in [2.45, 2.75) is 55.4 Å². The van der Waals surface area contributed by atoms with Crippen molar-refractivity contribution in [3.8, 4) is 0 Å². The molecule has 135 valence electrons. The standard InChI is InChI=1S/C22H28N2.Cu/c1-13-9-15(3)21(16(4)10-13)23-19(7)20(8)24-22-17(5)11-14(2)12-18(22)6;/h9-12H,1-8H3;/q;+2. The predicted molar refractivity (Wildman–Crippen MR) is 107 cm³/mol. The number of benzene rings is 2. The molecule has 0 bridgehead atoms. The minimum absolute atomic E-state index is 0. The summed E-state index contributed by atoms with van der Waals surface area (Å²) in [5, 5.41) is 0. The van der Waals surface area contributed by atoms with Gasteiger partial charge in [-0.25, -0.2) is 0 Å². The van der Waals surface area contributed by atoms with E-state index in [4.69, 9.17) is 9.98 Å². The van der Waals surface area contributed by atoms with E-state index in [1.165, 1.54) is 33.4 Å². The van der Waals surface area contributed by atoms with Crippen LogP contribution in [0.4, 0.5) is 11.4 Å². The van der Waals surface area contributed by atoms with Gasteiger partial charge in [-0.15, -0.1) is 0 Å². The summed E-state index contributed by atoms with van der Waals surface area (Å²) in [5.41, 5.74) is 11.4. The molecule has 0 aliphatic carbocycles. The quantitative estimate of drug-likeness (QED) is 0.431. The van der Waals surface area contributed by atoms with E-state index in [0.717, 1.165) is 22.8 Å². The van der Waals surface area contributed by atoms with Crippen LogP contribution in [0, 0.1) is 41.5 Å². The van der Waals surface area contributed by atoms with Crippen molar-refractivity contribution >= 4 is 22.8 Å². The van der Waals surface area contributed by atoms with E-state index in [9.17, 15) is 0 Å². The fourth-order valence-corrected chi connectivity index (χ4v) is 3.19. The Kier molecular flexibility index (Phi) is 7.34. The molecule has 1 radical (unpaired) electrons. The third-order valence-electron chi connectivity index (χ3n) is 4.35. The Morgan fingerprint density at radius 3 is 1.04 bits per heavy atom. The molecular formula is C22H28CuN2+2. The van der Waals surface area contributed by atoms with Crippen molar-refractivity contribution in [3.63, 3.8) is 0 Å². The molecular weight excluding hydrogens is 356 g/mol. The number of hydrogen-bond acceptors (Lipinski definition) is 2. The first-order valence-electron chi connectivity index (χ1n) is 8.45. The first-order chi connectivity index (χ1) is 11.2. The summed E-state index contributed by atoms with van der Waals surface area (Å²) >= 11 is 0. The zero-order chi connectivity index (χ0) is 18.0. The maximum atomic E-state index is 4.86. The Hall–Kier alpha value is -1.70. The number of rotatable bonds is 3. The second kappa shape index (κ2) is 8.60. The summed E-state index contributed by atoms with van der Waals surface area (Å²) in [4.78, 5) is 9.72. The molecule has 3 heteroatoms. The number of aryl methyl sites for hydroxylation is 6. The smallest absolute Gasteiger partial charge is 0.251 e. The molecule has 0 saturated heterocycles. The topological polar surface area (TPSA) is 24.7 Å². The molecule has 0 aromatic heterocycles. The van der Waals surface area contributed by atoms with Gasteiger partial charge in [0, 0.05) is 0 Å². The van der Waals surface area contributed by atoms with Gasteiger partial charge in [-0.2, -0.15) is 0 Å². The van der Waals surface area contributed by atoms with Crippen LogP contribution in [0.3, 0.4) is 0 Å². The molecule has 0 N–H and O–H groups in total. The molecule has 2 rings (SSSR count). The SMILES string of the molecule is CC(=Nc1c(C)cc(C)cc1C)C(C)=Nc1c(C)cc(C)cc1C.[Cu+2]. The first kappa shape index (κ1) is 21.3. The Labute approximate surface area is 163 Å². The van der Waals surface area contributed by atoms with Crippen LogP contribution in [0.2, 0.25) is 0 Å². The van der Waals surface area contributed by atoms with Crippen molar-refractivity contribution < 1.29 is 17.1 Å². The van der Waals surface area contributed by atoms with Gasteiger partial charge in [-0.05, 0) is 77.6 Å². The molecule has 2 aromatic carbocycles. The maximum absolute atomic E-state index is 4.86. The Morgan fingerprint density at radius 1 is 0.560 bits per heavy atom. The van der Waals surface area contributed by atoms with Gasteiger partial charge in [0.05, 0.1) is 22.8 Å². The van der Waals surface area contributed by atoms with Crippen LogP contribution < -0.4 is 0 Å². The normalized spacial score (nSPS) is 12.2. The van der Waals surface area contributed by atoms with Crippen LogP contribution in [0.5, 0.6) is 0 Å². The van der Waals surface area contributed by atoms with Crippen LogP contribution in [0.25, 0.3) is 0 Å². The summed E-state index contributed by atoms with van der Waals surface area (Å²) in [6.45, 7) is 16.8. The number of nitrogens with zero attached hydrogens (tertiary/aromatic N) is 2. The van der Waals surface area contributed by atoms with E-state index < -0.39 is 0 Å². The monoisotopic (exact) mass is 383 g/mol. The van der Waals surface area contributed by atoms with E-state index in [2.05, 4.69) is 65.8 Å². The van der Waals surface area contributed by atoms with Crippen LogP contribution in [-0.4, -0.2) is 11.4 Å². The van der Waals surface area contributed by atoms with E-state index in [1.54, 1.807) is 0 Å². The maximum Gasteiger partial charge on any atom is 2.00 e. The third kappa shape index (κ3) is 5.14. The van der Waals surface area contributed by atoms with E-state index in [-0.39, 0.29) is 17.1 Å². The van der Waals surface area contributed by atoms with Gasteiger partial charge in [-0.3, -0.25) is 9.98 Å². The van der Waals surface area contributed by atoms with E-state index >= 15 is 0 Å². The molecule has 0 aliphatic heterocycles. The molecule has 0 unspecified atom stereocenters. The molecule has 0 amide bonds. The summed E-state index contributed by atoms with van der Waals surface area (Å²) in [5.74, 6) is 0. The predicted octanol–water partition coefficient (Wildman–Crippen LogP) is 6.42. The largest absolute Gasteiger partial charge is 2.00 e. The van der Waals surface area contributed by atoms with Gasteiger partial charge in [0.2, 0.25) is 0 Å². The molecule has 0 heterocycles. The van der Waals surface area contributed by atoms with Crippen molar-refractivity contribution in [1.29, 1.82) is 0 Å². The minimum atomic E-state index is 0. The van der Waals surface area contributed by atoms with Crippen molar-refractivity contribution in [2.75, 3.05) is 0 Å². The number of aliphatic imine (C=N–C) groups is 2. The molecule has 0 aliphatic rings. The fraction of sp³-hybridized carbons (Fsp3) is 0.364. The third-order valence-corrected chi connectivity index (χ3v) is 4.35. The summed E-state index contributed by atoms with van der Waals surface area (Å²) in [6, 6.07) is 8.72. The van der Waals surface area contributed by atoms with Crippen molar-refractivity contribution in [1.82, 2.24) is 0 Å². The Bertz CT molecular complexity index is 728. The minimum Gasteiger partial charge on any atom is -0.251 e. The van der Waals surface area contributed by atoms with Crippen LogP contribution >= 0.6 is 0 Å². The molecule has 0 spiro atoms. The zero-order valence-corrected chi connectivity index (χ0v) is 17.4. The molecule has 0 atom stereocenters. The van der Waals surface area contributed by atoms with Gasteiger partial charge in [0.15, 0.2) is 0 Å². The average Bonchev–Trinajstić information content (AvgIpc) is 2.46. The first-order valence-corrected chi connectivity index (χ1v) is 8.45. The molecule has 0 saturated carbocycles. The molecule has 2 aromatic rings. The second-order valence-corrected chi connectivity index (χ2v) is 6.89. The zero-order valence-electron chi connectivity index (χ0n) is 16.5. The van der Waals surface area contributed by atoms with Gasteiger partial charge >= 0.3 is 17.1 Å². The molecule has 0 fully saturated rings. The van der Waals surface area contributed by atoms with Crippen molar-refractivity contribution in [2.24, 2.45) is 9.98 Å². The van der Waals surface area contributed by atoms with Crippen molar-refractivity contribution in [3.05, 3.63) is 57.6 Å². The Balaban J connectivity index is 0.00000312. The molecule has 25 heavy (non-hydrogen) atoms. The van der Waals surface area contributed by atoms with Crippen LogP contribution in [0.1, 0.15) is 47.2 Å². The van der Waals surface area contributed by atoms with Crippen LogP contribution in [0.15, 0.2) is 34.3 Å². The second-order valence-electron chi connectivity index (χ2n) is 6.89. The fourth-order valence-electron chi connectivity index (χ4n) is 3.19. The summed E-state index contributed by atoms with van der Waals surface area (Å²) in [7, 11) is 0. The average molecular weight is 384 g/mol. The van der Waals surface area contributed by atoms with Crippen LogP contribution in [-0.2, 0) is 17.1 Å². The van der Waals surface area contributed by atoms with Gasteiger partial charge in [-0.1, -0.05) is 35.4 Å². The molecule has 2 nitrogen and oxygen atoms in total. The Morgan fingerprint density at radius 2 is 0.800 bits per heavy atom. The number of hydrogen-bond donors (Lipinski definition) is 0. The summed E-state index contributed by atoms with van der Waals surface area (Å²) in [6.07, 6.45) is 0. The van der Waals surface area contributed by atoms with Gasteiger partial charge in [0.25, 0.3) is 0 Å².